The first-order chi connectivity index (χ1) is 11.1. The van der Waals surface area contributed by atoms with E-state index in [0.29, 0.717) is 17.7 Å². The summed E-state index contributed by atoms with van der Waals surface area (Å²) >= 11 is 11.9. The first kappa shape index (κ1) is 14.4. The third kappa shape index (κ3) is 2.44. The van der Waals surface area contributed by atoms with Gasteiger partial charge in [-0.05, 0) is 29.7 Å². The minimum atomic E-state index is -0.0275. The van der Waals surface area contributed by atoms with E-state index in [9.17, 15) is 4.79 Å². The van der Waals surface area contributed by atoms with Crippen molar-refractivity contribution in [2.24, 2.45) is 0 Å². The summed E-state index contributed by atoms with van der Waals surface area (Å²) in [6.07, 6.45) is 2.40. The summed E-state index contributed by atoms with van der Waals surface area (Å²) in [6, 6.07) is 7.92. The number of hydrogen-bond donors (Lipinski definition) is 0. The Labute approximate surface area is 141 Å². The topological polar surface area (TPSA) is 63.9 Å². The van der Waals surface area contributed by atoms with Crippen LogP contribution in [0.15, 0.2) is 30.6 Å². The predicted octanol–water partition coefficient (Wildman–Crippen LogP) is 2.72. The number of rotatable bonds is 2. The first-order valence-corrected chi connectivity index (χ1v) is 7.81. The molecule has 1 aliphatic heterocycles. The molecule has 1 amide bonds. The van der Waals surface area contributed by atoms with Crippen molar-refractivity contribution in [1.29, 1.82) is 0 Å². The number of carbonyl (C=O) groups excluding carboxylic acids is 1. The Morgan fingerprint density at radius 3 is 2.91 bits per heavy atom. The third-order valence-corrected chi connectivity index (χ3v) is 4.33. The van der Waals surface area contributed by atoms with Crippen LogP contribution in [0.5, 0.6) is 0 Å². The molecular weight excluding hydrogens is 337 g/mol. The molecule has 8 heteroatoms. The van der Waals surface area contributed by atoms with Gasteiger partial charge in [0.05, 0.1) is 6.33 Å². The van der Waals surface area contributed by atoms with Crippen LogP contribution < -0.4 is 4.90 Å². The highest BCUT2D eigenvalue weighted by Crippen LogP contribution is 2.28. The first-order valence-electron chi connectivity index (χ1n) is 7.05. The molecule has 0 bridgehead atoms. The molecule has 0 N–H and O–H groups in total. The van der Waals surface area contributed by atoms with Gasteiger partial charge in [-0.25, -0.2) is 9.97 Å². The number of hydrogen-bond acceptors (Lipinski definition) is 4. The van der Waals surface area contributed by atoms with Crippen LogP contribution in [0.2, 0.25) is 10.4 Å². The molecule has 4 rings (SSSR count). The molecule has 0 radical (unpaired) electrons. The van der Waals surface area contributed by atoms with Gasteiger partial charge >= 0.3 is 0 Å². The van der Waals surface area contributed by atoms with E-state index in [-0.39, 0.29) is 22.9 Å². The lowest BCUT2D eigenvalue weighted by molar-refractivity contribution is -0.119. The molecule has 1 aromatic carbocycles. The molecule has 3 aromatic rings. The normalized spacial score (nSPS) is 13.6. The lowest BCUT2D eigenvalue weighted by atomic mass is 10.2. The van der Waals surface area contributed by atoms with Gasteiger partial charge in [0, 0.05) is 12.2 Å². The van der Waals surface area contributed by atoms with Gasteiger partial charge in [-0.2, -0.15) is 4.98 Å². The van der Waals surface area contributed by atoms with Gasteiger partial charge in [0.25, 0.3) is 0 Å². The van der Waals surface area contributed by atoms with E-state index < -0.39 is 0 Å². The van der Waals surface area contributed by atoms with Crippen LogP contribution in [0.4, 0.5) is 5.69 Å². The van der Waals surface area contributed by atoms with E-state index in [1.807, 2.05) is 24.3 Å². The molecule has 0 atom stereocenters. The van der Waals surface area contributed by atoms with Crippen LogP contribution >= 0.6 is 23.2 Å². The largest absolute Gasteiger partial charge is 0.317 e. The van der Waals surface area contributed by atoms with Crippen molar-refractivity contribution in [1.82, 2.24) is 19.5 Å². The molecule has 0 spiro atoms. The molecule has 0 saturated carbocycles. The quantitative estimate of drug-likeness (QED) is 0.528. The number of para-hydroxylation sites is 1. The standard InChI is InChI=1S/C15H11Cl2N5O/c16-13-12-14(20-15(17)19-13)18-8-21(12)7-11(23)22-6-5-9-3-1-2-4-10(9)22/h1-4,8H,5-7H2. The molecule has 0 aliphatic carbocycles. The highest BCUT2D eigenvalue weighted by molar-refractivity contribution is 6.35. The number of benzene rings is 1. The maximum Gasteiger partial charge on any atom is 0.246 e. The average Bonchev–Trinajstić information content (AvgIpc) is 3.11. The van der Waals surface area contributed by atoms with E-state index in [2.05, 4.69) is 15.0 Å². The minimum Gasteiger partial charge on any atom is -0.317 e. The van der Waals surface area contributed by atoms with Crippen molar-refractivity contribution in [2.45, 2.75) is 13.0 Å². The van der Waals surface area contributed by atoms with Crippen molar-refractivity contribution in [3.05, 3.63) is 46.6 Å². The minimum absolute atomic E-state index is 0.0275. The Bertz CT molecular complexity index is 923. The molecule has 0 fully saturated rings. The summed E-state index contributed by atoms with van der Waals surface area (Å²) in [7, 11) is 0. The fraction of sp³-hybridized carbons (Fsp3) is 0.200. The zero-order valence-electron chi connectivity index (χ0n) is 11.9. The number of amides is 1. The maximum atomic E-state index is 12.7. The molecular formula is C15H11Cl2N5O. The highest BCUT2D eigenvalue weighted by Gasteiger charge is 2.25. The van der Waals surface area contributed by atoms with Crippen molar-refractivity contribution in [3.8, 4) is 0 Å². The molecule has 23 heavy (non-hydrogen) atoms. The lowest BCUT2D eigenvalue weighted by Gasteiger charge is -2.17. The molecule has 0 saturated heterocycles. The average molecular weight is 348 g/mol. The van der Waals surface area contributed by atoms with Gasteiger partial charge in [0.2, 0.25) is 11.2 Å². The van der Waals surface area contributed by atoms with Gasteiger partial charge in [-0.3, -0.25) is 4.79 Å². The predicted molar refractivity (Wildman–Crippen MR) is 87.8 cm³/mol. The van der Waals surface area contributed by atoms with Gasteiger partial charge in [-0.15, -0.1) is 0 Å². The summed E-state index contributed by atoms with van der Waals surface area (Å²) in [5.41, 5.74) is 3.04. The van der Waals surface area contributed by atoms with E-state index >= 15 is 0 Å². The number of halogens is 2. The molecule has 116 valence electrons. The van der Waals surface area contributed by atoms with Crippen LogP contribution in [0.3, 0.4) is 0 Å². The zero-order chi connectivity index (χ0) is 16.0. The molecule has 0 unspecified atom stereocenters. The molecule has 3 heterocycles. The Kier molecular flexibility index (Phi) is 3.43. The third-order valence-electron chi connectivity index (χ3n) is 3.90. The molecule has 6 nitrogen and oxygen atoms in total. The monoisotopic (exact) mass is 347 g/mol. The van der Waals surface area contributed by atoms with Gasteiger partial charge < -0.3 is 9.47 Å². The summed E-state index contributed by atoms with van der Waals surface area (Å²) in [4.78, 5) is 26.5. The van der Waals surface area contributed by atoms with Gasteiger partial charge in [0.1, 0.15) is 12.1 Å². The summed E-state index contributed by atoms with van der Waals surface area (Å²) in [5.74, 6) is -0.0275. The smallest absolute Gasteiger partial charge is 0.246 e. The fourth-order valence-electron chi connectivity index (χ4n) is 2.86. The van der Waals surface area contributed by atoms with E-state index in [1.165, 1.54) is 11.9 Å². The van der Waals surface area contributed by atoms with Gasteiger partial charge in [0.15, 0.2) is 10.8 Å². The second-order valence-corrected chi connectivity index (χ2v) is 5.95. The SMILES string of the molecule is O=C(Cn1cnc2nc(Cl)nc(Cl)c21)N1CCc2ccccc21. The second kappa shape index (κ2) is 5.47. The van der Waals surface area contributed by atoms with Gasteiger partial charge in [-0.1, -0.05) is 29.8 Å². The van der Waals surface area contributed by atoms with Crippen molar-refractivity contribution >= 4 is 46.0 Å². The lowest BCUT2D eigenvalue weighted by Crippen LogP contribution is -2.32. The van der Waals surface area contributed by atoms with Crippen LogP contribution in [0.25, 0.3) is 11.2 Å². The molecule has 2 aromatic heterocycles. The van der Waals surface area contributed by atoms with E-state index in [1.54, 1.807) is 9.47 Å². The van der Waals surface area contributed by atoms with Crippen LogP contribution in [-0.4, -0.2) is 32.0 Å². The van der Waals surface area contributed by atoms with Crippen molar-refractivity contribution in [2.75, 3.05) is 11.4 Å². The highest BCUT2D eigenvalue weighted by atomic mass is 35.5. The Hall–Kier alpha value is -2.18. The Morgan fingerprint density at radius 1 is 1.22 bits per heavy atom. The number of nitrogens with zero attached hydrogens (tertiary/aromatic N) is 5. The van der Waals surface area contributed by atoms with Crippen LogP contribution in [0.1, 0.15) is 5.56 Å². The number of imidazole rings is 1. The van der Waals surface area contributed by atoms with E-state index in [4.69, 9.17) is 23.2 Å². The summed E-state index contributed by atoms with van der Waals surface area (Å²) < 4.78 is 1.65. The number of anilines is 1. The Morgan fingerprint density at radius 2 is 2.04 bits per heavy atom. The number of aromatic nitrogens is 4. The summed E-state index contributed by atoms with van der Waals surface area (Å²) in [5, 5.41) is 0.222. The van der Waals surface area contributed by atoms with Crippen molar-refractivity contribution < 1.29 is 4.79 Å². The second-order valence-electron chi connectivity index (χ2n) is 5.25. The number of fused-ring (bicyclic) bond motifs is 2. The fourth-order valence-corrected chi connectivity index (χ4v) is 3.34. The zero-order valence-corrected chi connectivity index (χ0v) is 13.4. The van der Waals surface area contributed by atoms with Crippen LogP contribution in [-0.2, 0) is 17.8 Å². The van der Waals surface area contributed by atoms with Crippen LogP contribution in [0, 0.1) is 0 Å². The van der Waals surface area contributed by atoms with Crippen molar-refractivity contribution in [3.63, 3.8) is 0 Å². The molecule has 1 aliphatic rings. The Balaban J connectivity index is 1.66. The number of carbonyl (C=O) groups is 1. The maximum absolute atomic E-state index is 12.7. The van der Waals surface area contributed by atoms with E-state index in [0.717, 1.165) is 12.1 Å². The summed E-state index contributed by atoms with van der Waals surface area (Å²) in [6.45, 7) is 0.802.